The molecule has 3 rings (SSSR count). The summed E-state index contributed by atoms with van der Waals surface area (Å²) in [7, 11) is 1.62. The Morgan fingerprint density at radius 3 is 2.96 bits per heavy atom. The predicted octanol–water partition coefficient (Wildman–Crippen LogP) is 1.79. The zero-order chi connectivity index (χ0) is 17.5. The number of methoxy groups -OCH3 is 1. The average Bonchev–Trinajstić information content (AvgIpc) is 3.16. The van der Waals surface area contributed by atoms with Crippen molar-refractivity contribution >= 4 is 17.5 Å². The molecule has 2 aromatic heterocycles. The lowest BCUT2D eigenvalue weighted by Crippen LogP contribution is -2.33. The van der Waals surface area contributed by atoms with Gasteiger partial charge in [-0.15, -0.1) is 0 Å². The molecule has 0 radical (unpaired) electrons. The van der Waals surface area contributed by atoms with Gasteiger partial charge in [0.25, 0.3) is 0 Å². The highest BCUT2D eigenvalue weighted by Crippen LogP contribution is 2.18. The Labute approximate surface area is 146 Å². The maximum atomic E-state index is 5.89. The number of hydrogen-bond donors (Lipinski definition) is 3. The summed E-state index contributed by atoms with van der Waals surface area (Å²) in [5, 5.41) is 10.6. The Morgan fingerprint density at radius 1 is 1.24 bits per heavy atom. The number of nitrogens with zero attached hydrogens (tertiary/aromatic N) is 4. The first-order valence-electron chi connectivity index (χ1n) is 7.93. The van der Waals surface area contributed by atoms with Crippen LogP contribution < -0.4 is 16.4 Å². The van der Waals surface area contributed by atoms with E-state index in [0.717, 1.165) is 11.4 Å². The number of benzene rings is 1. The molecule has 0 amide bonds. The monoisotopic (exact) mass is 339 g/mol. The Hall–Kier alpha value is -2.97. The van der Waals surface area contributed by atoms with Crippen LogP contribution in [0.5, 0.6) is 0 Å². The van der Waals surface area contributed by atoms with E-state index in [-0.39, 0.29) is 6.04 Å². The lowest BCUT2D eigenvalue weighted by molar-refractivity contribution is 0.183. The molecular weight excluding hydrogens is 318 g/mol. The maximum absolute atomic E-state index is 5.89. The Bertz CT molecular complexity index is 791. The van der Waals surface area contributed by atoms with Crippen LogP contribution in [0.15, 0.2) is 55.0 Å². The van der Waals surface area contributed by atoms with Crippen molar-refractivity contribution in [3.05, 3.63) is 55.0 Å². The first-order chi connectivity index (χ1) is 12.2. The van der Waals surface area contributed by atoms with Gasteiger partial charge in [-0.2, -0.15) is 10.1 Å². The quantitative estimate of drug-likeness (QED) is 0.575. The molecule has 1 atom stereocenters. The number of rotatable bonds is 8. The lowest BCUT2D eigenvalue weighted by Gasteiger charge is -2.12. The normalized spacial score (nSPS) is 11.9. The molecule has 0 bridgehead atoms. The summed E-state index contributed by atoms with van der Waals surface area (Å²) in [6, 6.07) is 11.5. The third kappa shape index (κ3) is 4.75. The molecule has 8 nitrogen and oxygen atoms in total. The first kappa shape index (κ1) is 16.9. The summed E-state index contributed by atoms with van der Waals surface area (Å²) in [6.45, 7) is 1.01. The second-order valence-electron chi connectivity index (χ2n) is 5.49. The van der Waals surface area contributed by atoms with E-state index in [9.17, 15) is 0 Å². The lowest BCUT2D eigenvalue weighted by atomic mass is 10.3. The van der Waals surface area contributed by atoms with Gasteiger partial charge in [0, 0.05) is 44.0 Å². The molecule has 3 aromatic rings. The molecule has 2 heterocycles. The van der Waals surface area contributed by atoms with E-state index < -0.39 is 0 Å². The van der Waals surface area contributed by atoms with Crippen molar-refractivity contribution in [3.63, 3.8) is 0 Å². The zero-order valence-electron chi connectivity index (χ0n) is 14.0. The number of ether oxygens (including phenoxy) is 1. The first-order valence-corrected chi connectivity index (χ1v) is 7.93. The van der Waals surface area contributed by atoms with Crippen LogP contribution in [0, 0.1) is 0 Å². The van der Waals surface area contributed by atoms with Crippen LogP contribution in [0.3, 0.4) is 0 Å². The van der Waals surface area contributed by atoms with Crippen LogP contribution in [-0.2, 0) is 4.74 Å². The molecule has 0 spiro atoms. The van der Waals surface area contributed by atoms with Crippen LogP contribution in [0.1, 0.15) is 0 Å². The van der Waals surface area contributed by atoms with Crippen molar-refractivity contribution in [2.45, 2.75) is 6.04 Å². The van der Waals surface area contributed by atoms with Crippen LogP contribution in [0.4, 0.5) is 17.5 Å². The Morgan fingerprint density at radius 2 is 2.16 bits per heavy atom. The largest absolute Gasteiger partial charge is 0.383 e. The van der Waals surface area contributed by atoms with E-state index in [0.29, 0.717) is 24.9 Å². The van der Waals surface area contributed by atoms with Crippen molar-refractivity contribution in [2.24, 2.45) is 5.73 Å². The molecule has 8 heteroatoms. The highest BCUT2D eigenvalue weighted by molar-refractivity contribution is 5.59. The SMILES string of the molecule is COC[C@H](N)CNc1nccc(Nc2cccc(-n3cccn3)c2)n1. The van der Waals surface area contributed by atoms with Crippen LogP contribution >= 0.6 is 0 Å². The standard InChI is InChI=1S/C17H21N7O/c1-25-12-13(18)11-20-17-19-8-6-16(23-17)22-14-4-2-5-15(10-14)24-9-3-7-21-24/h2-10,13H,11-12,18H2,1H3,(H2,19,20,22,23)/t13-/m1/s1. The summed E-state index contributed by atoms with van der Waals surface area (Å²) in [6.07, 6.45) is 5.34. The van der Waals surface area contributed by atoms with E-state index in [2.05, 4.69) is 25.7 Å². The Kier molecular flexibility index (Phi) is 5.55. The van der Waals surface area contributed by atoms with Gasteiger partial charge < -0.3 is 21.1 Å². The molecular formula is C17H21N7O. The number of aromatic nitrogens is 4. The molecule has 25 heavy (non-hydrogen) atoms. The van der Waals surface area contributed by atoms with Gasteiger partial charge in [0.1, 0.15) is 5.82 Å². The van der Waals surface area contributed by atoms with Gasteiger partial charge in [-0.25, -0.2) is 9.67 Å². The molecule has 4 N–H and O–H groups in total. The summed E-state index contributed by atoms with van der Waals surface area (Å²) >= 11 is 0. The van der Waals surface area contributed by atoms with Gasteiger partial charge >= 0.3 is 0 Å². The summed E-state index contributed by atoms with van der Waals surface area (Å²) in [4.78, 5) is 8.64. The molecule has 0 fully saturated rings. The maximum Gasteiger partial charge on any atom is 0.224 e. The fourth-order valence-electron chi connectivity index (χ4n) is 2.30. The molecule has 0 unspecified atom stereocenters. The smallest absolute Gasteiger partial charge is 0.224 e. The van der Waals surface area contributed by atoms with Gasteiger partial charge in [-0.3, -0.25) is 0 Å². The van der Waals surface area contributed by atoms with E-state index in [1.54, 1.807) is 30.3 Å². The summed E-state index contributed by atoms with van der Waals surface area (Å²) in [5.74, 6) is 1.20. The molecule has 0 aliphatic rings. The van der Waals surface area contributed by atoms with Crippen molar-refractivity contribution in [1.29, 1.82) is 0 Å². The van der Waals surface area contributed by atoms with E-state index in [4.69, 9.17) is 10.5 Å². The second-order valence-corrected chi connectivity index (χ2v) is 5.49. The third-order valence-corrected chi connectivity index (χ3v) is 3.45. The van der Waals surface area contributed by atoms with Gasteiger partial charge in [-0.05, 0) is 30.3 Å². The summed E-state index contributed by atoms with van der Waals surface area (Å²) < 4.78 is 6.81. The number of nitrogens with one attached hydrogen (secondary N) is 2. The predicted molar refractivity (Wildman–Crippen MR) is 97.2 cm³/mol. The van der Waals surface area contributed by atoms with Crippen molar-refractivity contribution < 1.29 is 4.74 Å². The van der Waals surface area contributed by atoms with Crippen LogP contribution in [-0.4, -0.2) is 46.1 Å². The number of hydrogen-bond acceptors (Lipinski definition) is 7. The minimum atomic E-state index is -0.115. The highest BCUT2D eigenvalue weighted by Gasteiger charge is 2.05. The number of anilines is 3. The minimum absolute atomic E-state index is 0.115. The molecule has 0 saturated heterocycles. The highest BCUT2D eigenvalue weighted by atomic mass is 16.5. The van der Waals surface area contributed by atoms with Crippen LogP contribution in [0.2, 0.25) is 0 Å². The average molecular weight is 339 g/mol. The fourth-order valence-corrected chi connectivity index (χ4v) is 2.30. The molecule has 0 aliphatic heterocycles. The molecule has 1 aromatic carbocycles. The minimum Gasteiger partial charge on any atom is -0.383 e. The summed E-state index contributed by atoms with van der Waals surface area (Å²) in [5.41, 5.74) is 7.77. The molecule has 130 valence electrons. The van der Waals surface area contributed by atoms with Gasteiger partial charge in [-0.1, -0.05) is 6.07 Å². The van der Waals surface area contributed by atoms with Gasteiger partial charge in [0.15, 0.2) is 0 Å². The van der Waals surface area contributed by atoms with Crippen molar-refractivity contribution in [1.82, 2.24) is 19.7 Å². The number of nitrogens with two attached hydrogens (primary N) is 1. The van der Waals surface area contributed by atoms with Crippen molar-refractivity contribution in [2.75, 3.05) is 30.9 Å². The second kappa shape index (κ2) is 8.22. The van der Waals surface area contributed by atoms with E-state index >= 15 is 0 Å². The molecule has 0 saturated carbocycles. The van der Waals surface area contributed by atoms with Crippen molar-refractivity contribution in [3.8, 4) is 5.69 Å². The molecule has 0 aliphatic carbocycles. The Balaban J connectivity index is 1.67. The van der Waals surface area contributed by atoms with E-state index in [1.807, 2.05) is 36.5 Å². The third-order valence-electron chi connectivity index (χ3n) is 3.45. The van der Waals surface area contributed by atoms with Gasteiger partial charge in [0.05, 0.1) is 12.3 Å². The topological polar surface area (TPSA) is 103 Å². The van der Waals surface area contributed by atoms with Gasteiger partial charge in [0.2, 0.25) is 5.95 Å². The van der Waals surface area contributed by atoms with Crippen LogP contribution in [0.25, 0.3) is 5.69 Å². The zero-order valence-corrected chi connectivity index (χ0v) is 14.0. The van der Waals surface area contributed by atoms with E-state index in [1.165, 1.54) is 0 Å². The fraction of sp³-hybridized carbons (Fsp3) is 0.235.